The van der Waals surface area contributed by atoms with Gasteiger partial charge < -0.3 is 4.74 Å². The van der Waals surface area contributed by atoms with Crippen LogP contribution in [0, 0.1) is 11.2 Å². The quantitative estimate of drug-likeness (QED) is 0.708. The lowest BCUT2D eigenvalue weighted by molar-refractivity contribution is 0.411. The van der Waals surface area contributed by atoms with Crippen molar-refractivity contribution in [2.75, 3.05) is 7.11 Å². The zero-order valence-corrected chi connectivity index (χ0v) is 14.2. The Morgan fingerprint density at radius 1 is 1.00 bits per heavy atom. The molecule has 0 aliphatic rings. The highest BCUT2D eigenvalue weighted by Gasteiger charge is 2.17. The van der Waals surface area contributed by atoms with Crippen LogP contribution in [0.4, 0.5) is 4.39 Å². The zero-order chi connectivity index (χ0) is 16.3. The van der Waals surface area contributed by atoms with Crippen LogP contribution in [-0.2, 0) is 12.8 Å². The molecule has 22 heavy (non-hydrogen) atoms. The number of hydrogen-bond acceptors (Lipinski definition) is 1. The molecule has 0 saturated heterocycles. The standard InChI is InChI=1S/C20H25FO/c1-6-14-7-9-17(15(11-14)13-20(2,3)4)18-12-16(22-5)8-10-19(18)21/h7-12H,6,13H2,1-5H3. The van der Waals surface area contributed by atoms with Gasteiger partial charge in [0.05, 0.1) is 7.11 Å². The molecule has 2 aromatic rings. The van der Waals surface area contributed by atoms with E-state index in [1.165, 1.54) is 17.2 Å². The topological polar surface area (TPSA) is 9.23 Å². The number of methoxy groups -OCH3 is 1. The van der Waals surface area contributed by atoms with Gasteiger partial charge in [-0.2, -0.15) is 0 Å². The van der Waals surface area contributed by atoms with Crippen LogP contribution < -0.4 is 4.74 Å². The van der Waals surface area contributed by atoms with Gasteiger partial charge in [0.25, 0.3) is 0 Å². The average molecular weight is 300 g/mol. The van der Waals surface area contributed by atoms with E-state index in [0.717, 1.165) is 18.4 Å². The predicted molar refractivity (Wildman–Crippen MR) is 90.9 cm³/mol. The molecule has 1 nitrogen and oxygen atoms in total. The van der Waals surface area contributed by atoms with E-state index < -0.39 is 0 Å². The van der Waals surface area contributed by atoms with Crippen LogP contribution in [0.25, 0.3) is 11.1 Å². The van der Waals surface area contributed by atoms with Gasteiger partial charge in [0, 0.05) is 5.56 Å². The Labute approximate surface area is 133 Å². The summed E-state index contributed by atoms with van der Waals surface area (Å²) in [5, 5.41) is 0. The van der Waals surface area contributed by atoms with Crippen molar-refractivity contribution in [3.63, 3.8) is 0 Å². The van der Waals surface area contributed by atoms with Gasteiger partial charge in [0.2, 0.25) is 0 Å². The first-order chi connectivity index (χ1) is 10.3. The molecule has 0 atom stereocenters. The fraction of sp³-hybridized carbons (Fsp3) is 0.400. The Kier molecular flexibility index (Phi) is 4.90. The minimum Gasteiger partial charge on any atom is -0.497 e. The van der Waals surface area contributed by atoms with Crippen molar-refractivity contribution < 1.29 is 9.13 Å². The predicted octanol–water partition coefficient (Wildman–Crippen LogP) is 5.65. The van der Waals surface area contributed by atoms with Crippen molar-refractivity contribution in [1.82, 2.24) is 0 Å². The Balaban J connectivity index is 2.59. The summed E-state index contributed by atoms with van der Waals surface area (Å²) >= 11 is 0. The minimum absolute atomic E-state index is 0.149. The number of hydrogen-bond donors (Lipinski definition) is 0. The summed E-state index contributed by atoms with van der Waals surface area (Å²) in [7, 11) is 1.60. The Hall–Kier alpha value is -1.83. The average Bonchev–Trinajstić information content (AvgIpc) is 2.46. The largest absolute Gasteiger partial charge is 0.497 e. The zero-order valence-electron chi connectivity index (χ0n) is 14.2. The number of aryl methyl sites for hydroxylation is 1. The molecular weight excluding hydrogens is 275 g/mol. The molecule has 0 aromatic heterocycles. The molecule has 0 heterocycles. The maximum Gasteiger partial charge on any atom is 0.131 e. The Morgan fingerprint density at radius 2 is 1.73 bits per heavy atom. The first-order valence-electron chi connectivity index (χ1n) is 7.80. The van der Waals surface area contributed by atoms with E-state index >= 15 is 0 Å². The van der Waals surface area contributed by atoms with Crippen molar-refractivity contribution >= 4 is 0 Å². The van der Waals surface area contributed by atoms with E-state index in [1.54, 1.807) is 19.2 Å². The molecule has 0 unspecified atom stereocenters. The molecule has 0 aliphatic carbocycles. The second-order valence-electron chi connectivity index (χ2n) is 6.93. The highest BCUT2D eigenvalue weighted by atomic mass is 19.1. The second-order valence-corrected chi connectivity index (χ2v) is 6.93. The monoisotopic (exact) mass is 300 g/mol. The lowest BCUT2D eigenvalue weighted by atomic mass is 9.84. The molecule has 2 rings (SSSR count). The van der Waals surface area contributed by atoms with Gasteiger partial charge in [-0.15, -0.1) is 0 Å². The fourth-order valence-electron chi connectivity index (χ4n) is 2.69. The Morgan fingerprint density at radius 3 is 2.32 bits per heavy atom. The van der Waals surface area contributed by atoms with Crippen molar-refractivity contribution in [3.8, 4) is 16.9 Å². The van der Waals surface area contributed by atoms with E-state index in [2.05, 4.69) is 39.8 Å². The number of rotatable bonds is 4. The normalized spacial score (nSPS) is 11.5. The molecule has 2 heteroatoms. The van der Waals surface area contributed by atoms with Gasteiger partial charge in [-0.3, -0.25) is 0 Å². The maximum atomic E-state index is 14.3. The van der Waals surface area contributed by atoms with E-state index in [1.807, 2.05) is 6.07 Å². The maximum absolute atomic E-state index is 14.3. The first-order valence-corrected chi connectivity index (χ1v) is 7.80. The molecule has 0 amide bonds. The molecule has 0 spiro atoms. The molecule has 0 radical (unpaired) electrons. The third kappa shape index (κ3) is 3.88. The summed E-state index contributed by atoms with van der Waals surface area (Å²) in [6.07, 6.45) is 1.89. The molecular formula is C20H25FO. The molecule has 0 saturated carbocycles. The summed E-state index contributed by atoms with van der Waals surface area (Å²) in [4.78, 5) is 0. The van der Waals surface area contributed by atoms with Crippen LogP contribution in [0.2, 0.25) is 0 Å². The summed E-state index contributed by atoms with van der Waals surface area (Å²) in [5.41, 5.74) is 4.20. The lowest BCUT2D eigenvalue weighted by Crippen LogP contribution is -2.10. The first kappa shape index (κ1) is 16.5. The highest BCUT2D eigenvalue weighted by molar-refractivity contribution is 5.70. The van der Waals surface area contributed by atoms with Gasteiger partial charge in [0.15, 0.2) is 0 Å². The van der Waals surface area contributed by atoms with Crippen molar-refractivity contribution in [2.24, 2.45) is 5.41 Å². The summed E-state index contributed by atoms with van der Waals surface area (Å²) in [5.74, 6) is 0.470. The number of ether oxygens (including phenoxy) is 1. The molecule has 2 aromatic carbocycles. The summed E-state index contributed by atoms with van der Waals surface area (Å²) in [6, 6.07) is 11.2. The van der Waals surface area contributed by atoms with Crippen LogP contribution in [0.1, 0.15) is 38.8 Å². The molecule has 0 aliphatic heterocycles. The van der Waals surface area contributed by atoms with Gasteiger partial charge in [-0.25, -0.2) is 4.39 Å². The van der Waals surface area contributed by atoms with Gasteiger partial charge in [-0.1, -0.05) is 45.9 Å². The van der Waals surface area contributed by atoms with Crippen LogP contribution in [0.3, 0.4) is 0 Å². The van der Waals surface area contributed by atoms with E-state index in [4.69, 9.17) is 4.74 Å². The summed E-state index contributed by atoms with van der Waals surface area (Å²) in [6.45, 7) is 8.76. The number of benzene rings is 2. The third-order valence-electron chi connectivity index (χ3n) is 3.76. The van der Waals surface area contributed by atoms with E-state index in [-0.39, 0.29) is 11.2 Å². The highest BCUT2D eigenvalue weighted by Crippen LogP contribution is 2.33. The van der Waals surface area contributed by atoms with E-state index in [0.29, 0.717) is 11.3 Å². The van der Waals surface area contributed by atoms with Gasteiger partial charge in [-0.05, 0) is 53.1 Å². The van der Waals surface area contributed by atoms with E-state index in [9.17, 15) is 4.39 Å². The van der Waals surface area contributed by atoms with Gasteiger partial charge in [0.1, 0.15) is 11.6 Å². The summed E-state index contributed by atoms with van der Waals surface area (Å²) < 4.78 is 19.6. The lowest BCUT2D eigenvalue weighted by Gasteiger charge is -2.22. The molecule has 0 fully saturated rings. The fourth-order valence-corrected chi connectivity index (χ4v) is 2.69. The van der Waals surface area contributed by atoms with Crippen LogP contribution in [0.15, 0.2) is 36.4 Å². The molecule has 118 valence electrons. The van der Waals surface area contributed by atoms with Crippen molar-refractivity contribution in [2.45, 2.75) is 40.5 Å². The van der Waals surface area contributed by atoms with Crippen LogP contribution in [-0.4, -0.2) is 7.11 Å². The van der Waals surface area contributed by atoms with Crippen LogP contribution >= 0.6 is 0 Å². The van der Waals surface area contributed by atoms with Crippen LogP contribution in [0.5, 0.6) is 5.75 Å². The Bertz CT molecular complexity index is 653. The molecule has 0 bridgehead atoms. The van der Waals surface area contributed by atoms with Gasteiger partial charge >= 0.3 is 0 Å². The number of halogens is 1. The SMILES string of the molecule is CCc1ccc(-c2cc(OC)ccc2F)c(CC(C)(C)C)c1. The minimum atomic E-state index is -0.208. The third-order valence-corrected chi connectivity index (χ3v) is 3.76. The smallest absolute Gasteiger partial charge is 0.131 e. The van der Waals surface area contributed by atoms with Crippen molar-refractivity contribution in [1.29, 1.82) is 0 Å². The molecule has 0 N–H and O–H groups in total. The second kappa shape index (κ2) is 6.51. The van der Waals surface area contributed by atoms with Crippen molar-refractivity contribution in [3.05, 3.63) is 53.3 Å².